The number of amides is 2. The van der Waals surface area contributed by atoms with Crippen LogP contribution in [0.4, 0.5) is 0 Å². The summed E-state index contributed by atoms with van der Waals surface area (Å²) in [7, 11) is 1.68. The van der Waals surface area contributed by atoms with Gasteiger partial charge in [-0.05, 0) is 32.6 Å². The summed E-state index contributed by atoms with van der Waals surface area (Å²) in [4.78, 5) is 26.0. The fourth-order valence-corrected chi connectivity index (χ4v) is 2.25. The van der Waals surface area contributed by atoms with Crippen molar-refractivity contribution in [2.24, 2.45) is 5.92 Å². The normalized spacial score (nSPS) is 21.1. The number of ether oxygens (including phenoxy) is 1. The standard InChI is InChI=1S/C15H28N2O3/c1-11(2)10-12-14(19)17(8-6-13(18)16-12)9-7-15(3,4)20-5/h11-12H,6-10H2,1-5H3,(H,16,18). The van der Waals surface area contributed by atoms with Crippen molar-refractivity contribution < 1.29 is 14.3 Å². The Balaban J connectivity index is 2.69. The molecule has 5 heteroatoms. The van der Waals surface area contributed by atoms with E-state index in [4.69, 9.17) is 4.74 Å². The van der Waals surface area contributed by atoms with Crippen LogP contribution < -0.4 is 5.32 Å². The Kier molecular flexibility index (Phi) is 5.99. The van der Waals surface area contributed by atoms with Gasteiger partial charge in [-0.15, -0.1) is 0 Å². The zero-order valence-corrected chi connectivity index (χ0v) is 13.4. The van der Waals surface area contributed by atoms with Crippen LogP contribution in [0.2, 0.25) is 0 Å². The van der Waals surface area contributed by atoms with Crippen molar-refractivity contribution in [1.82, 2.24) is 10.2 Å². The molecule has 116 valence electrons. The molecule has 0 aromatic heterocycles. The number of rotatable bonds is 6. The maximum absolute atomic E-state index is 12.5. The van der Waals surface area contributed by atoms with E-state index in [1.54, 1.807) is 12.0 Å². The van der Waals surface area contributed by atoms with Gasteiger partial charge in [-0.25, -0.2) is 0 Å². The summed E-state index contributed by atoms with van der Waals surface area (Å²) < 4.78 is 5.39. The second-order valence-electron chi connectivity index (χ2n) is 6.54. The van der Waals surface area contributed by atoms with E-state index in [0.29, 0.717) is 31.8 Å². The van der Waals surface area contributed by atoms with Gasteiger partial charge < -0.3 is 15.0 Å². The third-order valence-electron chi connectivity index (χ3n) is 3.80. The van der Waals surface area contributed by atoms with Crippen LogP contribution in [0.15, 0.2) is 0 Å². The Morgan fingerprint density at radius 2 is 2.05 bits per heavy atom. The lowest BCUT2D eigenvalue weighted by molar-refractivity contribution is -0.134. The first-order valence-corrected chi connectivity index (χ1v) is 7.38. The predicted molar refractivity (Wildman–Crippen MR) is 78.3 cm³/mol. The minimum atomic E-state index is -0.379. The summed E-state index contributed by atoms with van der Waals surface area (Å²) in [5, 5.41) is 2.84. The summed E-state index contributed by atoms with van der Waals surface area (Å²) in [5.74, 6) is 0.383. The van der Waals surface area contributed by atoms with Crippen LogP contribution in [0, 0.1) is 5.92 Å². The predicted octanol–water partition coefficient (Wildman–Crippen LogP) is 1.56. The Morgan fingerprint density at radius 1 is 1.40 bits per heavy atom. The fourth-order valence-electron chi connectivity index (χ4n) is 2.25. The molecule has 1 aliphatic rings. The van der Waals surface area contributed by atoms with E-state index >= 15 is 0 Å². The highest BCUT2D eigenvalue weighted by atomic mass is 16.5. The average Bonchev–Trinajstić information content (AvgIpc) is 2.48. The largest absolute Gasteiger partial charge is 0.379 e. The molecule has 0 bridgehead atoms. The second-order valence-corrected chi connectivity index (χ2v) is 6.54. The molecule has 1 fully saturated rings. The summed E-state index contributed by atoms with van der Waals surface area (Å²) in [6.45, 7) is 9.25. The summed E-state index contributed by atoms with van der Waals surface area (Å²) in [5.41, 5.74) is -0.252. The highest BCUT2D eigenvalue weighted by Gasteiger charge is 2.31. The first-order valence-electron chi connectivity index (χ1n) is 7.38. The number of nitrogens with zero attached hydrogens (tertiary/aromatic N) is 1. The molecule has 0 aliphatic carbocycles. The van der Waals surface area contributed by atoms with Crippen LogP contribution in [0.3, 0.4) is 0 Å². The van der Waals surface area contributed by atoms with E-state index in [1.165, 1.54) is 0 Å². The fraction of sp³-hybridized carbons (Fsp3) is 0.867. The molecule has 1 heterocycles. The molecule has 0 aromatic carbocycles. The van der Waals surface area contributed by atoms with Gasteiger partial charge in [0.05, 0.1) is 5.60 Å². The smallest absolute Gasteiger partial charge is 0.245 e. The zero-order valence-electron chi connectivity index (χ0n) is 13.4. The Morgan fingerprint density at radius 3 is 2.60 bits per heavy atom. The molecule has 0 radical (unpaired) electrons. The highest BCUT2D eigenvalue weighted by Crippen LogP contribution is 2.17. The van der Waals surface area contributed by atoms with Crippen LogP contribution >= 0.6 is 0 Å². The maximum Gasteiger partial charge on any atom is 0.245 e. The van der Waals surface area contributed by atoms with E-state index in [9.17, 15) is 9.59 Å². The molecule has 0 saturated carbocycles. The minimum Gasteiger partial charge on any atom is -0.379 e. The lowest BCUT2D eigenvalue weighted by atomic mass is 10.0. The number of methoxy groups -OCH3 is 1. The Labute approximate surface area is 122 Å². The van der Waals surface area contributed by atoms with E-state index in [2.05, 4.69) is 19.2 Å². The minimum absolute atomic E-state index is 0.0301. The SMILES string of the molecule is COC(C)(C)CCN1CCC(=O)NC(CC(C)C)C1=O. The van der Waals surface area contributed by atoms with Gasteiger partial charge in [0.25, 0.3) is 0 Å². The van der Waals surface area contributed by atoms with Gasteiger partial charge in [-0.2, -0.15) is 0 Å². The molecular formula is C15H28N2O3. The number of carbonyl (C=O) groups is 2. The van der Waals surface area contributed by atoms with Crippen molar-refractivity contribution in [2.45, 2.75) is 58.6 Å². The van der Waals surface area contributed by atoms with Crippen molar-refractivity contribution in [3.05, 3.63) is 0 Å². The molecule has 1 rings (SSSR count). The average molecular weight is 284 g/mol. The quantitative estimate of drug-likeness (QED) is 0.805. The van der Waals surface area contributed by atoms with Gasteiger partial charge in [-0.1, -0.05) is 13.8 Å². The molecule has 1 saturated heterocycles. The van der Waals surface area contributed by atoms with E-state index < -0.39 is 0 Å². The van der Waals surface area contributed by atoms with Crippen molar-refractivity contribution in [3.63, 3.8) is 0 Å². The van der Waals surface area contributed by atoms with Crippen LogP contribution in [0.1, 0.15) is 47.0 Å². The van der Waals surface area contributed by atoms with Gasteiger partial charge in [0.15, 0.2) is 0 Å². The topological polar surface area (TPSA) is 58.6 Å². The number of carbonyl (C=O) groups excluding carboxylic acids is 2. The molecule has 5 nitrogen and oxygen atoms in total. The zero-order chi connectivity index (χ0) is 15.3. The van der Waals surface area contributed by atoms with Crippen molar-refractivity contribution in [1.29, 1.82) is 0 Å². The molecule has 1 unspecified atom stereocenters. The third-order valence-corrected chi connectivity index (χ3v) is 3.80. The first kappa shape index (κ1) is 17.0. The number of nitrogens with one attached hydrogen (secondary N) is 1. The summed E-state index contributed by atoms with van der Waals surface area (Å²) >= 11 is 0. The van der Waals surface area contributed by atoms with Crippen molar-refractivity contribution in [2.75, 3.05) is 20.2 Å². The molecular weight excluding hydrogens is 256 g/mol. The van der Waals surface area contributed by atoms with Gasteiger partial charge >= 0.3 is 0 Å². The summed E-state index contributed by atoms with van der Waals surface area (Å²) in [6.07, 6.45) is 1.83. The van der Waals surface area contributed by atoms with Gasteiger partial charge in [0.2, 0.25) is 11.8 Å². The second kappa shape index (κ2) is 7.07. The molecule has 1 aliphatic heterocycles. The highest BCUT2D eigenvalue weighted by molar-refractivity contribution is 5.89. The number of hydrogen-bond donors (Lipinski definition) is 1. The number of hydrogen-bond acceptors (Lipinski definition) is 3. The third kappa shape index (κ3) is 5.12. The van der Waals surface area contributed by atoms with Crippen molar-refractivity contribution in [3.8, 4) is 0 Å². The van der Waals surface area contributed by atoms with Crippen LogP contribution in [-0.4, -0.2) is 48.6 Å². The molecule has 2 amide bonds. The summed E-state index contributed by atoms with van der Waals surface area (Å²) in [6, 6.07) is -0.379. The molecule has 0 spiro atoms. The first-order chi connectivity index (χ1) is 9.25. The van der Waals surface area contributed by atoms with E-state index in [-0.39, 0.29) is 23.5 Å². The van der Waals surface area contributed by atoms with Crippen LogP contribution in [-0.2, 0) is 14.3 Å². The van der Waals surface area contributed by atoms with Crippen LogP contribution in [0.25, 0.3) is 0 Å². The van der Waals surface area contributed by atoms with Crippen LogP contribution in [0.5, 0.6) is 0 Å². The Bertz CT molecular complexity index is 353. The van der Waals surface area contributed by atoms with E-state index in [1.807, 2.05) is 13.8 Å². The molecule has 0 aromatic rings. The van der Waals surface area contributed by atoms with Gasteiger partial charge in [-0.3, -0.25) is 9.59 Å². The lowest BCUT2D eigenvalue weighted by Gasteiger charge is -2.29. The van der Waals surface area contributed by atoms with Crippen molar-refractivity contribution >= 4 is 11.8 Å². The monoisotopic (exact) mass is 284 g/mol. The van der Waals surface area contributed by atoms with Gasteiger partial charge in [0, 0.05) is 26.6 Å². The maximum atomic E-state index is 12.5. The molecule has 20 heavy (non-hydrogen) atoms. The van der Waals surface area contributed by atoms with Gasteiger partial charge in [0.1, 0.15) is 6.04 Å². The molecule has 1 atom stereocenters. The molecule has 1 N–H and O–H groups in total. The Hall–Kier alpha value is -1.10. The van der Waals surface area contributed by atoms with E-state index in [0.717, 1.165) is 6.42 Å². The lowest BCUT2D eigenvalue weighted by Crippen LogP contribution is -2.46.